The van der Waals surface area contributed by atoms with Crippen molar-refractivity contribution >= 4 is 11.8 Å². The van der Waals surface area contributed by atoms with Crippen molar-refractivity contribution in [3.05, 3.63) is 99.0 Å². The quantitative estimate of drug-likeness (QED) is 0.437. The molecule has 0 spiro atoms. The number of nitrogens with one attached hydrogen (secondary N) is 1. The average molecular weight is 537 g/mol. The van der Waals surface area contributed by atoms with Gasteiger partial charge in [-0.15, -0.1) is 0 Å². The average Bonchev–Trinajstić information content (AvgIpc) is 3.31. The Hall–Kier alpha value is -3.88. The Morgan fingerprint density at radius 3 is 2.51 bits per heavy atom. The number of benzene rings is 1. The molecule has 0 radical (unpaired) electrons. The molecule has 1 fully saturated rings. The fourth-order valence-electron chi connectivity index (χ4n) is 5.04. The number of nitrogens with zero attached hydrogens (tertiary/aromatic N) is 3. The molecule has 2 amide bonds. The van der Waals surface area contributed by atoms with Gasteiger partial charge >= 0.3 is 0 Å². The molecular weight excluding hydrogens is 502 g/mol. The summed E-state index contributed by atoms with van der Waals surface area (Å²) in [6.07, 6.45) is 0.0637. The lowest BCUT2D eigenvalue weighted by atomic mass is 9.99. The van der Waals surface area contributed by atoms with Crippen LogP contribution in [0.4, 0.5) is 8.78 Å². The molecule has 39 heavy (non-hydrogen) atoms. The zero-order valence-electron chi connectivity index (χ0n) is 22.7. The van der Waals surface area contributed by atoms with Crippen LogP contribution in [0.1, 0.15) is 67.1 Å². The summed E-state index contributed by atoms with van der Waals surface area (Å²) in [4.78, 5) is 44.4. The van der Waals surface area contributed by atoms with Gasteiger partial charge in [-0.2, -0.15) is 4.39 Å². The van der Waals surface area contributed by atoms with Gasteiger partial charge in [0.1, 0.15) is 12.2 Å². The highest BCUT2D eigenvalue weighted by Gasteiger charge is 2.40. The number of likely N-dealkylation sites (tertiary alicyclic amines) is 1. The van der Waals surface area contributed by atoms with E-state index in [1.165, 1.54) is 9.47 Å². The van der Waals surface area contributed by atoms with E-state index in [0.29, 0.717) is 34.5 Å². The van der Waals surface area contributed by atoms with Crippen molar-refractivity contribution in [1.82, 2.24) is 19.8 Å². The molecule has 206 valence electrons. The Bertz CT molecular complexity index is 1410. The van der Waals surface area contributed by atoms with Crippen LogP contribution >= 0.6 is 0 Å². The minimum Gasteiger partial charge on any atom is -0.342 e. The third kappa shape index (κ3) is 6.24. The Morgan fingerprint density at radius 1 is 1.15 bits per heavy atom. The zero-order chi connectivity index (χ0) is 28.3. The largest absolute Gasteiger partial charge is 0.342 e. The first-order valence-corrected chi connectivity index (χ1v) is 13.2. The van der Waals surface area contributed by atoms with E-state index in [0.717, 1.165) is 0 Å². The smallest absolute Gasteiger partial charge is 0.253 e. The lowest BCUT2D eigenvalue weighted by Gasteiger charge is -2.27. The summed E-state index contributed by atoms with van der Waals surface area (Å²) in [6, 6.07) is 12.2. The molecule has 1 saturated heterocycles. The Labute approximate surface area is 226 Å². The van der Waals surface area contributed by atoms with Crippen LogP contribution in [0.15, 0.2) is 59.5 Å². The molecule has 1 N–H and O–H groups in total. The van der Waals surface area contributed by atoms with Gasteiger partial charge < -0.3 is 14.8 Å². The normalized spacial score (nSPS) is 17.9. The second-order valence-electron chi connectivity index (χ2n) is 10.3. The lowest BCUT2D eigenvalue weighted by Crippen LogP contribution is -2.47. The van der Waals surface area contributed by atoms with Crippen molar-refractivity contribution in [2.45, 2.75) is 71.3 Å². The van der Waals surface area contributed by atoms with Gasteiger partial charge in [0.15, 0.2) is 0 Å². The van der Waals surface area contributed by atoms with Crippen molar-refractivity contribution in [3.63, 3.8) is 0 Å². The van der Waals surface area contributed by atoms with Gasteiger partial charge in [-0.1, -0.05) is 50.2 Å². The molecule has 1 aliphatic rings. The fourth-order valence-corrected chi connectivity index (χ4v) is 5.04. The second kappa shape index (κ2) is 11.9. The molecule has 3 heterocycles. The monoisotopic (exact) mass is 536 g/mol. The molecule has 7 nitrogen and oxygen atoms in total. The summed E-state index contributed by atoms with van der Waals surface area (Å²) in [5.74, 6) is -1.61. The summed E-state index contributed by atoms with van der Waals surface area (Å²) in [6.45, 7) is 7.51. The maximum atomic E-state index is 14.8. The number of pyridine rings is 2. The first-order chi connectivity index (χ1) is 18.6. The predicted molar refractivity (Wildman–Crippen MR) is 145 cm³/mol. The van der Waals surface area contributed by atoms with Crippen LogP contribution in [0, 0.1) is 12.9 Å². The van der Waals surface area contributed by atoms with E-state index in [1.54, 1.807) is 55.6 Å². The number of amides is 2. The number of rotatable bonds is 8. The van der Waals surface area contributed by atoms with Crippen LogP contribution in [0.3, 0.4) is 0 Å². The zero-order valence-corrected chi connectivity index (χ0v) is 22.7. The molecule has 3 unspecified atom stereocenters. The van der Waals surface area contributed by atoms with Crippen LogP contribution in [-0.2, 0) is 22.6 Å². The Kier molecular flexibility index (Phi) is 8.57. The number of aromatic nitrogens is 2. The lowest BCUT2D eigenvalue weighted by molar-refractivity contribution is -0.138. The van der Waals surface area contributed by atoms with Crippen molar-refractivity contribution < 1.29 is 18.4 Å². The molecule has 1 aliphatic heterocycles. The predicted octanol–water partition coefficient (Wildman–Crippen LogP) is 4.22. The van der Waals surface area contributed by atoms with E-state index >= 15 is 0 Å². The first-order valence-electron chi connectivity index (χ1n) is 13.2. The molecule has 9 heteroatoms. The third-order valence-corrected chi connectivity index (χ3v) is 7.13. The van der Waals surface area contributed by atoms with Crippen molar-refractivity contribution in [2.75, 3.05) is 6.54 Å². The number of alkyl halides is 1. The maximum Gasteiger partial charge on any atom is 0.253 e. The number of aryl methyl sites for hydroxylation is 2. The van der Waals surface area contributed by atoms with Gasteiger partial charge in [0, 0.05) is 30.3 Å². The SMILES string of the molecule is CCn1cc(CC(=O)N2CC(F)CC2C(=O)NC(c2ccccc2)c2ccc(C(C)C)c(F)n2)cc(C)c1=O. The molecule has 3 atom stereocenters. The summed E-state index contributed by atoms with van der Waals surface area (Å²) < 4.78 is 30.9. The number of halogens is 2. The second-order valence-corrected chi connectivity index (χ2v) is 10.3. The highest BCUT2D eigenvalue weighted by molar-refractivity contribution is 5.89. The van der Waals surface area contributed by atoms with Crippen molar-refractivity contribution in [3.8, 4) is 0 Å². The third-order valence-electron chi connectivity index (χ3n) is 7.13. The van der Waals surface area contributed by atoms with Gasteiger partial charge in [-0.25, -0.2) is 9.37 Å². The van der Waals surface area contributed by atoms with Crippen LogP contribution < -0.4 is 10.9 Å². The van der Waals surface area contributed by atoms with Gasteiger partial charge in [0.05, 0.1) is 24.7 Å². The summed E-state index contributed by atoms with van der Waals surface area (Å²) >= 11 is 0. The molecule has 4 rings (SSSR count). The molecule has 0 aliphatic carbocycles. The van der Waals surface area contributed by atoms with Gasteiger partial charge in [0.2, 0.25) is 17.8 Å². The van der Waals surface area contributed by atoms with Gasteiger partial charge in [0.25, 0.3) is 5.56 Å². The van der Waals surface area contributed by atoms with E-state index in [1.807, 2.05) is 26.8 Å². The van der Waals surface area contributed by atoms with Crippen LogP contribution in [0.5, 0.6) is 0 Å². The number of carbonyl (C=O) groups is 2. The van der Waals surface area contributed by atoms with Crippen molar-refractivity contribution in [1.29, 1.82) is 0 Å². The van der Waals surface area contributed by atoms with Crippen LogP contribution in [-0.4, -0.2) is 45.0 Å². The molecule has 0 bridgehead atoms. The van der Waals surface area contributed by atoms with E-state index in [2.05, 4.69) is 10.3 Å². The number of hydrogen-bond donors (Lipinski definition) is 1. The van der Waals surface area contributed by atoms with E-state index < -0.39 is 36.0 Å². The highest BCUT2D eigenvalue weighted by atomic mass is 19.1. The fraction of sp³-hybridized carbons (Fsp3) is 0.400. The van der Waals surface area contributed by atoms with E-state index in [-0.39, 0.29) is 30.9 Å². The van der Waals surface area contributed by atoms with Crippen molar-refractivity contribution in [2.24, 2.45) is 0 Å². The maximum absolute atomic E-state index is 14.8. The topological polar surface area (TPSA) is 84.3 Å². The first kappa shape index (κ1) is 28.1. The minimum absolute atomic E-state index is 0.0590. The molecule has 3 aromatic rings. The van der Waals surface area contributed by atoms with Gasteiger partial charge in [-0.05, 0) is 43.0 Å². The summed E-state index contributed by atoms with van der Waals surface area (Å²) in [5, 5.41) is 2.90. The van der Waals surface area contributed by atoms with E-state index in [9.17, 15) is 23.2 Å². The highest BCUT2D eigenvalue weighted by Crippen LogP contribution is 2.27. The van der Waals surface area contributed by atoms with Crippen LogP contribution in [0.2, 0.25) is 0 Å². The minimum atomic E-state index is -1.35. The molecule has 0 saturated carbocycles. The number of hydrogen-bond acceptors (Lipinski definition) is 4. The molecule has 2 aromatic heterocycles. The Balaban J connectivity index is 1.59. The Morgan fingerprint density at radius 2 is 1.87 bits per heavy atom. The summed E-state index contributed by atoms with van der Waals surface area (Å²) in [7, 11) is 0. The van der Waals surface area contributed by atoms with Crippen LogP contribution in [0.25, 0.3) is 0 Å². The van der Waals surface area contributed by atoms with Gasteiger partial charge in [-0.3, -0.25) is 14.4 Å². The number of carbonyl (C=O) groups excluding carboxylic acids is 2. The molecular formula is C30H34F2N4O3. The summed E-state index contributed by atoms with van der Waals surface area (Å²) in [5.41, 5.74) is 2.45. The standard InChI is InChI=1S/C30H34F2N4O3/c1-5-35-16-20(13-19(4)30(35)39)14-26(37)36-17-22(31)15-25(36)29(38)34-27(21-9-7-6-8-10-21)24-12-11-23(18(2)3)28(32)33-24/h6-13,16,18,22,25,27H,5,14-15,17H2,1-4H3,(H,34,38). The molecule has 1 aromatic carbocycles. The van der Waals surface area contributed by atoms with E-state index in [4.69, 9.17) is 0 Å².